The Bertz CT molecular complexity index is 832. The summed E-state index contributed by atoms with van der Waals surface area (Å²) in [6, 6.07) is 3.51. The molecule has 4 rings (SSSR count). The monoisotopic (exact) mass is 391 g/mol. The van der Waals surface area contributed by atoms with Crippen LogP contribution < -0.4 is 9.21 Å². The van der Waals surface area contributed by atoms with Crippen LogP contribution in [0, 0.1) is 11.5 Å². The molecule has 3 saturated heterocycles. The van der Waals surface area contributed by atoms with E-state index in [4.69, 9.17) is 5.26 Å². The lowest BCUT2D eigenvalue weighted by Crippen LogP contribution is -2.45. The Morgan fingerprint density at radius 2 is 1.93 bits per heavy atom. The van der Waals surface area contributed by atoms with Gasteiger partial charge in [0.15, 0.2) is 6.19 Å². The minimum Gasteiger partial charge on any atom is -0.354 e. The first kappa shape index (κ1) is 18.3. The van der Waals surface area contributed by atoms with Crippen LogP contribution in [-0.2, 0) is 10.2 Å². The van der Waals surface area contributed by atoms with Crippen molar-refractivity contribution in [2.45, 2.75) is 12.5 Å². The van der Waals surface area contributed by atoms with Crippen LogP contribution in [0.5, 0.6) is 0 Å². The van der Waals surface area contributed by atoms with Crippen LogP contribution in [0.4, 0.5) is 11.5 Å². The van der Waals surface area contributed by atoms with E-state index in [1.165, 1.54) is 4.31 Å². The summed E-state index contributed by atoms with van der Waals surface area (Å²) >= 11 is 0. The zero-order chi connectivity index (χ0) is 19.0. The molecule has 10 heteroatoms. The van der Waals surface area contributed by atoms with Crippen LogP contribution in [0.15, 0.2) is 18.3 Å². The van der Waals surface area contributed by atoms with Gasteiger partial charge in [-0.15, -0.1) is 0 Å². The van der Waals surface area contributed by atoms with E-state index in [1.807, 2.05) is 6.07 Å². The maximum Gasteiger partial charge on any atom is 0.304 e. The van der Waals surface area contributed by atoms with Gasteiger partial charge in [0.2, 0.25) is 0 Å². The van der Waals surface area contributed by atoms with Gasteiger partial charge in [0.05, 0.1) is 5.69 Å². The smallest absolute Gasteiger partial charge is 0.304 e. The van der Waals surface area contributed by atoms with Gasteiger partial charge in [-0.25, -0.2) is 4.98 Å². The quantitative estimate of drug-likeness (QED) is 0.657. The maximum atomic E-state index is 13.1. The highest BCUT2D eigenvalue weighted by atomic mass is 32.2. The lowest BCUT2D eigenvalue weighted by Gasteiger charge is -2.33. The third-order valence-corrected chi connectivity index (χ3v) is 7.68. The van der Waals surface area contributed by atoms with E-state index in [0.717, 1.165) is 32.0 Å². The van der Waals surface area contributed by atoms with Crippen LogP contribution >= 0.6 is 0 Å². The maximum absolute atomic E-state index is 13.1. The highest BCUT2D eigenvalue weighted by Gasteiger charge is 2.43. The Kier molecular flexibility index (Phi) is 4.84. The topological polar surface area (TPSA) is 87.0 Å². The highest BCUT2D eigenvalue weighted by molar-refractivity contribution is 7.90. The Hall–Kier alpha value is -2.09. The number of hydrogen-bond donors (Lipinski definition) is 0. The molecule has 27 heavy (non-hydrogen) atoms. The second-order valence-corrected chi connectivity index (χ2v) is 9.15. The van der Waals surface area contributed by atoms with Gasteiger partial charge in [-0.05, 0) is 19.5 Å². The number of anilines is 2. The molecule has 0 saturated carbocycles. The molecule has 1 aromatic heterocycles. The van der Waals surface area contributed by atoms with Gasteiger partial charge in [0, 0.05) is 70.7 Å². The summed E-state index contributed by atoms with van der Waals surface area (Å²) in [6.07, 6.45) is 4.50. The second-order valence-electron chi connectivity index (χ2n) is 7.34. The number of nitriles is 1. The van der Waals surface area contributed by atoms with Crippen LogP contribution in [0.3, 0.4) is 0 Å². The number of hydrogen-bond acceptors (Lipinski definition) is 7. The van der Waals surface area contributed by atoms with Gasteiger partial charge in [0.1, 0.15) is 5.82 Å². The van der Waals surface area contributed by atoms with Crippen molar-refractivity contribution in [3.63, 3.8) is 0 Å². The molecule has 0 spiro atoms. The standard InChI is InChI=1S/C17H25N7O2S/c1-20-6-8-22(9-7-20)17-12-15(2-4-19-17)23-10-11-24(27(23,25)26)16-3-5-21(13-16)14-18/h2,4,12,16H,3,5-11,13H2,1H3/t16-/m1/s1. The Labute approximate surface area is 160 Å². The lowest BCUT2D eigenvalue weighted by molar-refractivity contribution is 0.312. The molecule has 0 aliphatic carbocycles. The number of likely N-dealkylation sites (N-methyl/N-ethyl adjacent to an activating group) is 1. The van der Waals surface area contributed by atoms with Gasteiger partial charge in [-0.2, -0.15) is 18.0 Å². The fourth-order valence-electron chi connectivity index (χ4n) is 4.02. The fraction of sp³-hybridized carbons (Fsp3) is 0.647. The van der Waals surface area contributed by atoms with Crippen molar-refractivity contribution in [1.82, 2.24) is 19.1 Å². The number of nitrogens with zero attached hydrogens (tertiary/aromatic N) is 7. The third kappa shape index (κ3) is 3.42. The lowest BCUT2D eigenvalue weighted by atomic mass is 10.2. The molecule has 0 amide bonds. The van der Waals surface area contributed by atoms with Crippen LogP contribution in [-0.4, -0.2) is 93.0 Å². The Morgan fingerprint density at radius 1 is 1.15 bits per heavy atom. The Balaban J connectivity index is 1.52. The average Bonchev–Trinajstić information content (AvgIpc) is 3.25. The van der Waals surface area contributed by atoms with Crippen LogP contribution in [0.1, 0.15) is 6.42 Å². The zero-order valence-corrected chi connectivity index (χ0v) is 16.3. The largest absolute Gasteiger partial charge is 0.354 e. The summed E-state index contributed by atoms with van der Waals surface area (Å²) in [7, 11) is -1.48. The molecule has 0 aromatic carbocycles. The molecular weight excluding hydrogens is 366 g/mol. The molecule has 3 fully saturated rings. The predicted molar refractivity (Wildman–Crippen MR) is 103 cm³/mol. The molecule has 0 bridgehead atoms. The fourth-order valence-corrected chi connectivity index (χ4v) is 5.83. The molecule has 0 unspecified atom stereocenters. The van der Waals surface area contributed by atoms with Crippen molar-refractivity contribution in [3.8, 4) is 6.19 Å². The summed E-state index contributed by atoms with van der Waals surface area (Å²) in [5, 5.41) is 9.04. The minimum atomic E-state index is -3.58. The summed E-state index contributed by atoms with van der Waals surface area (Å²) in [5.41, 5.74) is 0.663. The van der Waals surface area contributed by atoms with Crippen molar-refractivity contribution in [1.29, 1.82) is 5.26 Å². The van der Waals surface area contributed by atoms with Crippen LogP contribution in [0.25, 0.3) is 0 Å². The SMILES string of the molecule is CN1CCN(c2cc(N3CCN([C@@H]4CCN(C#N)C4)S3(=O)=O)ccn2)CC1. The molecule has 1 atom stereocenters. The van der Waals surface area contributed by atoms with Gasteiger partial charge in [0.25, 0.3) is 0 Å². The summed E-state index contributed by atoms with van der Waals surface area (Å²) in [6.45, 7) is 5.70. The normalized spacial score (nSPS) is 26.5. The summed E-state index contributed by atoms with van der Waals surface area (Å²) in [4.78, 5) is 10.6. The number of aromatic nitrogens is 1. The van der Waals surface area contributed by atoms with E-state index in [-0.39, 0.29) is 6.04 Å². The van der Waals surface area contributed by atoms with E-state index in [2.05, 4.69) is 28.0 Å². The number of likely N-dealkylation sites (tertiary alicyclic amines) is 1. The average molecular weight is 392 g/mol. The highest BCUT2D eigenvalue weighted by Crippen LogP contribution is 2.31. The summed E-state index contributed by atoms with van der Waals surface area (Å²) in [5.74, 6) is 0.825. The molecule has 4 heterocycles. The van der Waals surface area contributed by atoms with E-state index < -0.39 is 10.2 Å². The van der Waals surface area contributed by atoms with E-state index in [0.29, 0.717) is 38.3 Å². The first-order valence-corrected chi connectivity index (χ1v) is 10.7. The van der Waals surface area contributed by atoms with Gasteiger partial charge in [-0.1, -0.05) is 0 Å². The first-order chi connectivity index (χ1) is 13.0. The molecular formula is C17H25N7O2S. The van der Waals surface area contributed by atoms with Crippen LogP contribution in [0.2, 0.25) is 0 Å². The third-order valence-electron chi connectivity index (χ3n) is 5.65. The van der Waals surface area contributed by atoms with E-state index >= 15 is 0 Å². The molecule has 0 N–H and O–H groups in total. The minimum absolute atomic E-state index is 0.126. The number of rotatable bonds is 3. The summed E-state index contributed by atoms with van der Waals surface area (Å²) < 4.78 is 29.3. The molecule has 9 nitrogen and oxygen atoms in total. The van der Waals surface area contributed by atoms with Crippen molar-refractivity contribution < 1.29 is 8.42 Å². The van der Waals surface area contributed by atoms with Gasteiger partial charge < -0.3 is 14.7 Å². The predicted octanol–water partition coefficient (Wildman–Crippen LogP) is -0.244. The van der Waals surface area contributed by atoms with Crippen molar-refractivity contribution >= 4 is 21.7 Å². The second kappa shape index (κ2) is 7.14. The number of pyridine rings is 1. The zero-order valence-electron chi connectivity index (χ0n) is 15.5. The van der Waals surface area contributed by atoms with E-state index in [9.17, 15) is 8.42 Å². The van der Waals surface area contributed by atoms with E-state index in [1.54, 1.807) is 21.5 Å². The van der Waals surface area contributed by atoms with Gasteiger partial charge in [-0.3, -0.25) is 4.31 Å². The number of piperazine rings is 1. The van der Waals surface area contributed by atoms with Crippen molar-refractivity contribution in [2.75, 3.05) is 68.6 Å². The van der Waals surface area contributed by atoms with Gasteiger partial charge >= 0.3 is 10.2 Å². The van der Waals surface area contributed by atoms with Crippen molar-refractivity contribution in [3.05, 3.63) is 18.3 Å². The van der Waals surface area contributed by atoms with Crippen molar-refractivity contribution in [2.24, 2.45) is 0 Å². The first-order valence-electron chi connectivity index (χ1n) is 9.33. The molecule has 3 aliphatic rings. The Morgan fingerprint density at radius 3 is 2.63 bits per heavy atom. The molecule has 146 valence electrons. The molecule has 0 radical (unpaired) electrons. The molecule has 3 aliphatic heterocycles. The molecule has 1 aromatic rings.